The molecule has 0 spiro atoms. The maximum Gasteiger partial charge on any atom is 0.142 e. The molecule has 4 aromatic rings. The average Bonchev–Trinajstić information content (AvgIpc) is 3.03. The van der Waals surface area contributed by atoms with Crippen molar-refractivity contribution >= 4 is 21.4 Å². The van der Waals surface area contributed by atoms with Crippen molar-refractivity contribution in [2.24, 2.45) is 0 Å². The van der Waals surface area contributed by atoms with E-state index in [0.29, 0.717) is 0 Å². The van der Waals surface area contributed by atoms with Gasteiger partial charge in [-0.15, -0.1) is 11.3 Å². The zero-order valence-electron chi connectivity index (χ0n) is 11.7. The minimum absolute atomic E-state index is 0.230. The lowest BCUT2D eigenvalue weighted by atomic mass is 10.1. The topological polar surface area (TPSA) is 33.1 Å². The van der Waals surface area contributed by atoms with Crippen LogP contribution in [0.5, 0.6) is 5.75 Å². The second-order valence-electron chi connectivity index (χ2n) is 5.08. The van der Waals surface area contributed by atoms with Gasteiger partial charge in [-0.3, -0.25) is 4.98 Å². The highest BCUT2D eigenvalue weighted by Crippen LogP contribution is 2.41. The van der Waals surface area contributed by atoms with E-state index >= 15 is 0 Å². The van der Waals surface area contributed by atoms with E-state index in [2.05, 4.69) is 17.1 Å². The fourth-order valence-corrected chi connectivity index (χ4v) is 3.75. The highest BCUT2D eigenvalue weighted by molar-refractivity contribution is 7.22. The second-order valence-corrected chi connectivity index (χ2v) is 6.13. The molecule has 3 heteroatoms. The number of aromatic nitrogens is 1. The Morgan fingerprint density at radius 3 is 2.14 bits per heavy atom. The van der Waals surface area contributed by atoms with Crippen molar-refractivity contribution < 1.29 is 5.11 Å². The molecule has 0 saturated carbocycles. The summed E-state index contributed by atoms with van der Waals surface area (Å²) in [6, 6.07) is 22.3. The molecule has 0 radical (unpaired) electrons. The summed E-state index contributed by atoms with van der Waals surface area (Å²) in [5.74, 6) is 0.230. The first-order valence-corrected chi connectivity index (χ1v) is 7.87. The number of pyridine rings is 1. The van der Waals surface area contributed by atoms with E-state index in [1.807, 2.05) is 54.6 Å². The molecule has 0 aliphatic heterocycles. The van der Waals surface area contributed by atoms with Crippen LogP contribution in [-0.2, 0) is 0 Å². The van der Waals surface area contributed by atoms with Gasteiger partial charge in [0, 0.05) is 15.8 Å². The molecule has 1 N–H and O–H groups in total. The zero-order valence-corrected chi connectivity index (χ0v) is 12.5. The van der Waals surface area contributed by atoms with Gasteiger partial charge in [0.1, 0.15) is 5.75 Å². The molecule has 106 valence electrons. The van der Waals surface area contributed by atoms with Gasteiger partial charge in [-0.05, 0) is 11.6 Å². The van der Waals surface area contributed by atoms with Gasteiger partial charge < -0.3 is 5.11 Å². The highest BCUT2D eigenvalue weighted by Gasteiger charge is 2.13. The van der Waals surface area contributed by atoms with Gasteiger partial charge in [-0.1, -0.05) is 60.7 Å². The molecule has 0 saturated heterocycles. The summed E-state index contributed by atoms with van der Waals surface area (Å²) in [6.45, 7) is 0. The summed E-state index contributed by atoms with van der Waals surface area (Å²) in [5, 5.41) is 11.0. The van der Waals surface area contributed by atoms with Crippen LogP contribution in [0.2, 0.25) is 0 Å². The average molecular weight is 303 g/mol. The molecule has 0 unspecified atom stereocenters. The molecule has 22 heavy (non-hydrogen) atoms. The SMILES string of the molecule is Oc1cnc(-c2ccccc2)c2sc(-c3ccccc3)cc12. The van der Waals surface area contributed by atoms with Gasteiger partial charge in [0.25, 0.3) is 0 Å². The first kappa shape index (κ1) is 13.0. The standard InChI is InChI=1S/C19H13NOS/c21-16-12-20-18(14-9-5-2-6-10-14)19-15(16)11-17(22-19)13-7-3-1-4-8-13/h1-12,21H. The van der Waals surface area contributed by atoms with Gasteiger partial charge in [0.15, 0.2) is 0 Å². The van der Waals surface area contributed by atoms with E-state index in [9.17, 15) is 5.11 Å². The van der Waals surface area contributed by atoms with Gasteiger partial charge in [0.2, 0.25) is 0 Å². The summed E-state index contributed by atoms with van der Waals surface area (Å²) < 4.78 is 1.02. The molecule has 0 fully saturated rings. The summed E-state index contributed by atoms with van der Waals surface area (Å²) >= 11 is 1.66. The molecule has 0 atom stereocenters. The number of rotatable bonds is 2. The van der Waals surface area contributed by atoms with Gasteiger partial charge in [-0.2, -0.15) is 0 Å². The Labute approximate surface area is 132 Å². The smallest absolute Gasteiger partial charge is 0.142 e. The van der Waals surface area contributed by atoms with Crippen LogP contribution in [0.15, 0.2) is 72.9 Å². The lowest BCUT2D eigenvalue weighted by molar-refractivity contribution is 0.479. The predicted octanol–water partition coefficient (Wildman–Crippen LogP) is 5.34. The Bertz CT molecular complexity index is 930. The van der Waals surface area contributed by atoms with Gasteiger partial charge in [-0.25, -0.2) is 0 Å². The van der Waals surface area contributed by atoms with Crippen LogP contribution < -0.4 is 0 Å². The second kappa shape index (κ2) is 5.28. The van der Waals surface area contributed by atoms with Crippen LogP contribution in [-0.4, -0.2) is 10.1 Å². The van der Waals surface area contributed by atoms with E-state index in [-0.39, 0.29) is 5.75 Å². The Morgan fingerprint density at radius 1 is 0.818 bits per heavy atom. The fourth-order valence-electron chi connectivity index (χ4n) is 2.56. The quantitative estimate of drug-likeness (QED) is 0.542. The minimum atomic E-state index is 0.230. The monoisotopic (exact) mass is 303 g/mol. The first-order chi connectivity index (χ1) is 10.8. The molecule has 0 amide bonds. The largest absolute Gasteiger partial charge is 0.506 e. The Kier molecular flexibility index (Phi) is 3.13. The Balaban J connectivity index is 1.97. The molecular formula is C19H13NOS. The van der Waals surface area contributed by atoms with Gasteiger partial charge >= 0.3 is 0 Å². The van der Waals surface area contributed by atoms with Gasteiger partial charge in [0.05, 0.1) is 16.6 Å². The van der Waals surface area contributed by atoms with Crippen molar-refractivity contribution in [1.29, 1.82) is 0 Å². The van der Waals surface area contributed by atoms with Crippen molar-refractivity contribution in [3.63, 3.8) is 0 Å². The molecule has 4 rings (SSSR count). The maximum atomic E-state index is 10.1. The highest BCUT2D eigenvalue weighted by atomic mass is 32.1. The van der Waals surface area contributed by atoms with E-state index in [4.69, 9.17) is 0 Å². The predicted molar refractivity (Wildman–Crippen MR) is 92.2 cm³/mol. The fraction of sp³-hybridized carbons (Fsp3) is 0. The Hall–Kier alpha value is -2.65. The van der Waals surface area contributed by atoms with Crippen LogP contribution >= 0.6 is 11.3 Å². The van der Waals surface area contributed by atoms with Crippen LogP contribution in [0, 0.1) is 0 Å². The zero-order chi connectivity index (χ0) is 14.9. The van der Waals surface area contributed by atoms with Crippen LogP contribution in [0.1, 0.15) is 0 Å². The number of hydrogen-bond donors (Lipinski definition) is 1. The third-order valence-corrected chi connectivity index (χ3v) is 4.84. The summed E-state index contributed by atoms with van der Waals surface area (Å²) in [6.07, 6.45) is 1.53. The van der Waals surface area contributed by atoms with Crippen molar-refractivity contribution in [3.8, 4) is 27.4 Å². The normalized spacial score (nSPS) is 10.9. The molecule has 2 aromatic heterocycles. The first-order valence-electron chi connectivity index (χ1n) is 7.05. The summed E-state index contributed by atoms with van der Waals surface area (Å²) in [5.41, 5.74) is 3.14. The third-order valence-electron chi connectivity index (χ3n) is 3.64. The van der Waals surface area contributed by atoms with E-state index in [0.717, 1.165) is 31.8 Å². The molecule has 0 aliphatic carbocycles. The third kappa shape index (κ3) is 2.16. The minimum Gasteiger partial charge on any atom is -0.506 e. The Morgan fingerprint density at radius 2 is 1.45 bits per heavy atom. The number of thiophene rings is 1. The molecule has 2 heterocycles. The maximum absolute atomic E-state index is 10.1. The van der Waals surface area contributed by atoms with E-state index < -0.39 is 0 Å². The number of benzene rings is 2. The number of fused-ring (bicyclic) bond motifs is 1. The summed E-state index contributed by atoms with van der Waals surface area (Å²) in [4.78, 5) is 5.58. The molecular weight excluding hydrogens is 290 g/mol. The molecule has 0 bridgehead atoms. The molecule has 2 aromatic carbocycles. The lowest BCUT2D eigenvalue weighted by Crippen LogP contribution is -1.83. The van der Waals surface area contributed by atoms with Crippen LogP contribution in [0.3, 0.4) is 0 Å². The van der Waals surface area contributed by atoms with Crippen molar-refractivity contribution in [1.82, 2.24) is 4.98 Å². The van der Waals surface area contributed by atoms with Crippen molar-refractivity contribution in [3.05, 3.63) is 72.9 Å². The van der Waals surface area contributed by atoms with E-state index in [1.54, 1.807) is 11.3 Å². The molecule has 0 aliphatic rings. The number of hydrogen-bond acceptors (Lipinski definition) is 3. The summed E-state index contributed by atoms with van der Waals surface area (Å²) in [7, 11) is 0. The number of aromatic hydroxyl groups is 1. The van der Waals surface area contributed by atoms with Crippen LogP contribution in [0.25, 0.3) is 31.8 Å². The molecule has 2 nitrogen and oxygen atoms in total. The van der Waals surface area contributed by atoms with Crippen molar-refractivity contribution in [2.45, 2.75) is 0 Å². The van der Waals surface area contributed by atoms with Crippen LogP contribution in [0.4, 0.5) is 0 Å². The number of nitrogens with zero attached hydrogens (tertiary/aromatic N) is 1. The van der Waals surface area contributed by atoms with E-state index in [1.165, 1.54) is 6.20 Å². The lowest BCUT2D eigenvalue weighted by Gasteiger charge is -2.03. The van der Waals surface area contributed by atoms with Crippen molar-refractivity contribution in [2.75, 3.05) is 0 Å².